The molecule has 2 rings (SSSR count). The molecule has 90 valence electrons. The van der Waals surface area contributed by atoms with E-state index >= 15 is 0 Å². The van der Waals surface area contributed by atoms with Crippen LogP contribution >= 0.6 is 0 Å². The highest BCUT2D eigenvalue weighted by atomic mass is 16.5. The molecule has 1 aromatic rings. The van der Waals surface area contributed by atoms with E-state index in [4.69, 9.17) is 10.5 Å². The summed E-state index contributed by atoms with van der Waals surface area (Å²) >= 11 is 0. The monoisotopic (exact) mass is 224 g/mol. The molecule has 0 aromatic carbocycles. The summed E-state index contributed by atoms with van der Waals surface area (Å²) in [6.07, 6.45) is 5.80. The lowest BCUT2D eigenvalue weighted by molar-refractivity contribution is 0.108. The van der Waals surface area contributed by atoms with Crippen LogP contribution in [-0.4, -0.2) is 34.9 Å². The molecule has 1 unspecified atom stereocenters. The lowest BCUT2D eigenvalue weighted by atomic mass is 10.1. The number of nitrogens with zero attached hydrogens (tertiary/aromatic N) is 2. The second-order valence-corrected chi connectivity index (χ2v) is 4.42. The number of methoxy groups -OCH3 is 1. The standard InChI is InChI=1S/C11H20N4O/c1-16-9(7-12)6-10-13-11(15-14-10)8-4-2-3-5-8/h8-9H,2-7,12H2,1H3,(H,13,14,15). The van der Waals surface area contributed by atoms with Gasteiger partial charge in [0.15, 0.2) is 5.82 Å². The highest BCUT2D eigenvalue weighted by Crippen LogP contribution is 2.31. The molecule has 0 aliphatic heterocycles. The molecular weight excluding hydrogens is 204 g/mol. The Morgan fingerprint density at radius 2 is 2.25 bits per heavy atom. The minimum absolute atomic E-state index is 0.0318. The zero-order chi connectivity index (χ0) is 11.4. The summed E-state index contributed by atoms with van der Waals surface area (Å²) in [5.74, 6) is 2.42. The third kappa shape index (κ3) is 2.59. The Labute approximate surface area is 95.8 Å². The number of hydrogen-bond acceptors (Lipinski definition) is 4. The zero-order valence-electron chi connectivity index (χ0n) is 9.78. The van der Waals surface area contributed by atoms with Gasteiger partial charge in [0.2, 0.25) is 0 Å². The third-order valence-electron chi connectivity index (χ3n) is 3.29. The van der Waals surface area contributed by atoms with Crippen LogP contribution in [0.4, 0.5) is 0 Å². The Hall–Kier alpha value is -0.940. The van der Waals surface area contributed by atoms with Crippen LogP contribution in [0.15, 0.2) is 0 Å². The lowest BCUT2D eigenvalue weighted by Crippen LogP contribution is -2.25. The molecule has 1 aliphatic carbocycles. The van der Waals surface area contributed by atoms with Gasteiger partial charge < -0.3 is 10.5 Å². The first-order valence-electron chi connectivity index (χ1n) is 5.97. The summed E-state index contributed by atoms with van der Waals surface area (Å²) < 4.78 is 5.23. The largest absolute Gasteiger partial charge is 0.380 e. The Morgan fingerprint density at radius 3 is 2.88 bits per heavy atom. The van der Waals surface area contributed by atoms with Crippen molar-refractivity contribution in [2.75, 3.05) is 13.7 Å². The second-order valence-electron chi connectivity index (χ2n) is 4.42. The van der Waals surface area contributed by atoms with Gasteiger partial charge in [0.25, 0.3) is 0 Å². The predicted octanol–water partition coefficient (Wildman–Crippen LogP) is 0.978. The molecule has 5 heteroatoms. The number of aromatic amines is 1. The Bertz CT molecular complexity index is 316. The first-order valence-corrected chi connectivity index (χ1v) is 5.97. The number of H-pyrrole nitrogens is 1. The fourth-order valence-electron chi connectivity index (χ4n) is 2.25. The summed E-state index contributed by atoms with van der Waals surface area (Å²) in [6, 6.07) is 0. The van der Waals surface area contributed by atoms with Crippen molar-refractivity contribution in [2.24, 2.45) is 5.73 Å². The molecule has 0 saturated heterocycles. The zero-order valence-corrected chi connectivity index (χ0v) is 9.78. The smallest absolute Gasteiger partial charge is 0.153 e. The van der Waals surface area contributed by atoms with E-state index in [1.807, 2.05) is 0 Å². The van der Waals surface area contributed by atoms with E-state index in [9.17, 15) is 0 Å². The molecule has 0 radical (unpaired) electrons. The molecule has 0 bridgehead atoms. The van der Waals surface area contributed by atoms with Gasteiger partial charge in [-0.25, -0.2) is 4.98 Å². The molecule has 1 heterocycles. The number of nitrogens with two attached hydrogens (primary N) is 1. The van der Waals surface area contributed by atoms with Crippen molar-refractivity contribution < 1.29 is 4.74 Å². The molecule has 1 aromatic heterocycles. The lowest BCUT2D eigenvalue weighted by Gasteiger charge is -2.09. The van der Waals surface area contributed by atoms with E-state index < -0.39 is 0 Å². The van der Waals surface area contributed by atoms with Crippen LogP contribution in [-0.2, 0) is 11.2 Å². The van der Waals surface area contributed by atoms with Crippen molar-refractivity contribution in [2.45, 2.75) is 44.1 Å². The van der Waals surface area contributed by atoms with E-state index in [0.717, 1.165) is 11.6 Å². The van der Waals surface area contributed by atoms with Crippen molar-refractivity contribution in [1.82, 2.24) is 15.2 Å². The molecule has 0 spiro atoms. The molecule has 0 amide bonds. The number of rotatable bonds is 5. The summed E-state index contributed by atoms with van der Waals surface area (Å²) in [5, 5.41) is 7.27. The Balaban J connectivity index is 1.96. The summed E-state index contributed by atoms with van der Waals surface area (Å²) in [5.41, 5.74) is 5.57. The maximum absolute atomic E-state index is 5.57. The van der Waals surface area contributed by atoms with Crippen molar-refractivity contribution >= 4 is 0 Å². The van der Waals surface area contributed by atoms with Gasteiger partial charge >= 0.3 is 0 Å². The predicted molar refractivity (Wildman–Crippen MR) is 61.1 cm³/mol. The van der Waals surface area contributed by atoms with Crippen LogP contribution in [0, 0.1) is 0 Å². The van der Waals surface area contributed by atoms with E-state index in [1.54, 1.807) is 7.11 Å². The van der Waals surface area contributed by atoms with Gasteiger partial charge in [0, 0.05) is 26.0 Å². The first kappa shape index (κ1) is 11.5. The van der Waals surface area contributed by atoms with Crippen LogP contribution in [0.2, 0.25) is 0 Å². The average molecular weight is 224 g/mol. The molecular formula is C11H20N4O. The number of aromatic nitrogens is 3. The molecule has 1 fully saturated rings. The molecule has 1 atom stereocenters. The third-order valence-corrected chi connectivity index (χ3v) is 3.29. The highest BCUT2D eigenvalue weighted by molar-refractivity contribution is 5.00. The van der Waals surface area contributed by atoms with Crippen LogP contribution in [0.1, 0.15) is 43.3 Å². The maximum Gasteiger partial charge on any atom is 0.153 e. The number of ether oxygens (including phenoxy) is 1. The number of nitrogens with one attached hydrogen (secondary N) is 1. The fraction of sp³-hybridized carbons (Fsp3) is 0.818. The van der Waals surface area contributed by atoms with Gasteiger partial charge in [0.1, 0.15) is 5.82 Å². The molecule has 5 nitrogen and oxygen atoms in total. The maximum atomic E-state index is 5.57. The van der Waals surface area contributed by atoms with Crippen molar-refractivity contribution in [3.63, 3.8) is 0 Å². The average Bonchev–Trinajstić information content (AvgIpc) is 2.96. The Kier molecular flexibility index (Phi) is 3.90. The highest BCUT2D eigenvalue weighted by Gasteiger charge is 2.21. The van der Waals surface area contributed by atoms with Gasteiger partial charge in [-0.05, 0) is 12.8 Å². The minimum atomic E-state index is 0.0318. The van der Waals surface area contributed by atoms with E-state index in [-0.39, 0.29) is 6.10 Å². The topological polar surface area (TPSA) is 76.8 Å². The van der Waals surface area contributed by atoms with E-state index in [0.29, 0.717) is 18.9 Å². The van der Waals surface area contributed by atoms with Gasteiger partial charge in [-0.1, -0.05) is 12.8 Å². The van der Waals surface area contributed by atoms with E-state index in [1.165, 1.54) is 25.7 Å². The van der Waals surface area contributed by atoms with Gasteiger partial charge in [-0.3, -0.25) is 5.10 Å². The SMILES string of the molecule is COC(CN)Cc1nc(C2CCCC2)n[nH]1. The summed E-state index contributed by atoms with van der Waals surface area (Å²) in [6.45, 7) is 0.510. The molecule has 3 N–H and O–H groups in total. The van der Waals surface area contributed by atoms with Crippen LogP contribution < -0.4 is 5.73 Å². The minimum Gasteiger partial charge on any atom is -0.380 e. The van der Waals surface area contributed by atoms with Gasteiger partial charge in [-0.15, -0.1) is 0 Å². The normalized spacial score (nSPS) is 19.1. The van der Waals surface area contributed by atoms with Gasteiger partial charge in [-0.2, -0.15) is 5.10 Å². The number of hydrogen-bond donors (Lipinski definition) is 2. The second kappa shape index (κ2) is 5.41. The van der Waals surface area contributed by atoms with Crippen molar-refractivity contribution in [3.8, 4) is 0 Å². The van der Waals surface area contributed by atoms with E-state index in [2.05, 4.69) is 15.2 Å². The van der Waals surface area contributed by atoms with Crippen molar-refractivity contribution in [1.29, 1.82) is 0 Å². The summed E-state index contributed by atoms with van der Waals surface area (Å²) in [4.78, 5) is 4.53. The molecule has 1 saturated carbocycles. The Morgan fingerprint density at radius 1 is 1.50 bits per heavy atom. The van der Waals surface area contributed by atoms with Crippen LogP contribution in [0.5, 0.6) is 0 Å². The van der Waals surface area contributed by atoms with Crippen molar-refractivity contribution in [3.05, 3.63) is 11.6 Å². The van der Waals surface area contributed by atoms with Crippen LogP contribution in [0.25, 0.3) is 0 Å². The first-order chi connectivity index (χ1) is 7.83. The molecule has 16 heavy (non-hydrogen) atoms. The quantitative estimate of drug-likeness (QED) is 0.781. The van der Waals surface area contributed by atoms with Crippen LogP contribution in [0.3, 0.4) is 0 Å². The fourth-order valence-corrected chi connectivity index (χ4v) is 2.25. The molecule has 1 aliphatic rings. The summed E-state index contributed by atoms with van der Waals surface area (Å²) in [7, 11) is 1.67. The van der Waals surface area contributed by atoms with Gasteiger partial charge in [0.05, 0.1) is 6.10 Å².